The maximum Gasteiger partial charge on any atom is 0.407 e. The van der Waals surface area contributed by atoms with E-state index in [9.17, 15) is 9.59 Å². The summed E-state index contributed by atoms with van der Waals surface area (Å²) in [6, 6.07) is 17.9. The zero-order valence-electron chi connectivity index (χ0n) is 16.1. The number of amides is 2. The Kier molecular flexibility index (Phi) is 7.37. The number of aryl methyl sites for hydroxylation is 1. The Morgan fingerprint density at radius 1 is 1.11 bits per heavy atom. The zero-order chi connectivity index (χ0) is 19.8. The summed E-state index contributed by atoms with van der Waals surface area (Å²) in [6.45, 7) is 3.69. The fourth-order valence-corrected chi connectivity index (χ4v) is 4.58. The quantitative estimate of drug-likeness (QED) is 0.829. The minimum Gasteiger partial charge on any atom is -0.445 e. The molecule has 6 heteroatoms. The van der Waals surface area contributed by atoms with E-state index < -0.39 is 6.09 Å². The molecule has 2 aromatic carbocycles. The minimum absolute atomic E-state index is 0.0344. The number of carbonyl (C=O) groups is 2. The standard InChI is InChI=1S/C22H26N2O3S/c1-17-7-5-6-10-19(17)20-11-12-24(13-14-28-20)21(25)15-23-22(26)27-16-18-8-3-2-4-9-18/h2-10,20H,11-16H2,1H3,(H,23,26)/t20-/m0/s1. The third-order valence-corrected chi connectivity index (χ3v) is 6.14. The van der Waals surface area contributed by atoms with E-state index in [1.165, 1.54) is 11.1 Å². The molecule has 0 bridgehead atoms. The Morgan fingerprint density at radius 2 is 1.86 bits per heavy atom. The molecule has 1 N–H and O–H groups in total. The molecule has 0 radical (unpaired) electrons. The predicted molar refractivity (Wildman–Crippen MR) is 112 cm³/mol. The minimum atomic E-state index is -0.570. The highest BCUT2D eigenvalue weighted by Gasteiger charge is 2.23. The SMILES string of the molecule is Cc1ccccc1[C@@H]1CCN(C(=O)CNC(=O)OCc2ccccc2)CCS1. The van der Waals surface area contributed by atoms with Crippen LogP contribution in [0.15, 0.2) is 54.6 Å². The summed E-state index contributed by atoms with van der Waals surface area (Å²) in [5, 5.41) is 2.97. The van der Waals surface area contributed by atoms with Gasteiger partial charge in [-0.2, -0.15) is 11.8 Å². The molecule has 3 rings (SSSR count). The number of hydrogen-bond donors (Lipinski definition) is 1. The number of hydrogen-bond acceptors (Lipinski definition) is 4. The highest BCUT2D eigenvalue weighted by atomic mass is 32.2. The number of nitrogens with zero attached hydrogens (tertiary/aromatic N) is 1. The van der Waals surface area contributed by atoms with Crippen molar-refractivity contribution in [1.29, 1.82) is 0 Å². The van der Waals surface area contributed by atoms with E-state index in [0.29, 0.717) is 18.3 Å². The first-order chi connectivity index (χ1) is 13.6. The maximum atomic E-state index is 12.5. The van der Waals surface area contributed by atoms with Gasteiger partial charge in [-0.25, -0.2) is 4.79 Å². The molecule has 28 heavy (non-hydrogen) atoms. The molecule has 1 fully saturated rings. The van der Waals surface area contributed by atoms with Gasteiger partial charge >= 0.3 is 6.09 Å². The second kappa shape index (κ2) is 10.2. The molecule has 1 saturated heterocycles. The Bertz CT molecular complexity index is 797. The molecule has 1 atom stereocenters. The van der Waals surface area contributed by atoms with Crippen LogP contribution in [0.25, 0.3) is 0 Å². The number of benzene rings is 2. The summed E-state index contributed by atoms with van der Waals surface area (Å²) in [4.78, 5) is 26.2. The molecule has 2 amide bonds. The summed E-state index contributed by atoms with van der Waals surface area (Å²) in [5.74, 6) is 0.825. The van der Waals surface area contributed by atoms with Gasteiger partial charge in [0.2, 0.25) is 5.91 Å². The van der Waals surface area contributed by atoms with E-state index in [2.05, 4.69) is 36.5 Å². The van der Waals surface area contributed by atoms with Crippen LogP contribution in [0.3, 0.4) is 0 Å². The van der Waals surface area contributed by atoms with E-state index in [1.807, 2.05) is 47.0 Å². The van der Waals surface area contributed by atoms with E-state index in [1.54, 1.807) is 0 Å². The van der Waals surface area contributed by atoms with Crippen molar-refractivity contribution in [3.05, 3.63) is 71.3 Å². The first-order valence-electron chi connectivity index (χ1n) is 9.53. The smallest absolute Gasteiger partial charge is 0.407 e. The number of alkyl carbamates (subject to hydrolysis) is 1. The molecule has 0 aliphatic carbocycles. The van der Waals surface area contributed by atoms with Crippen LogP contribution in [0.5, 0.6) is 0 Å². The molecule has 2 aromatic rings. The third kappa shape index (κ3) is 5.76. The molecular formula is C22H26N2O3S. The van der Waals surface area contributed by atoms with Crippen LogP contribution < -0.4 is 5.32 Å². The third-order valence-electron chi connectivity index (χ3n) is 4.83. The largest absolute Gasteiger partial charge is 0.445 e. The fraction of sp³-hybridized carbons (Fsp3) is 0.364. The average molecular weight is 399 g/mol. The number of thioether (sulfide) groups is 1. The van der Waals surface area contributed by atoms with Crippen LogP contribution in [0.4, 0.5) is 4.79 Å². The van der Waals surface area contributed by atoms with Crippen molar-refractivity contribution in [2.75, 3.05) is 25.4 Å². The highest BCUT2D eigenvalue weighted by Crippen LogP contribution is 2.35. The van der Waals surface area contributed by atoms with Gasteiger partial charge in [-0.3, -0.25) is 4.79 Å². The first-order valence-corrected chi connectivity index (χ1v) is 10.6. The molecule has 1 heterocycles. The van der Waals surface area contributed by atoms with E-state index in [4.69, 9.17) is 4.74 Å². The van der Waals surface area contributed by atoms with Crippen molar-refractivity contribution in [2.45, 2.75) is 25.2 Å². The van der Waals surface area contributed by atoms with Crippen LogP contribution in [-0.2, 0) is 16.1 Å². The summed E-state index contributed by atoms with van der Waals surface area (Å²) in [7, 11) is 0. The van der Waals surface area contributed by atoms with Crippen molar-refractivity contribution < 1.29 is 14.3 Å². The van der Waals surface area contributed by atoms with Crippen molar-refractivity contribution in [3.8, 4) is 0 Å². The second-order valence-electron chi connectivity index (χ2n) is 6.80. The zero-order valence-corrected chi connectivity index (χ0v) is 16.9. The van der Waals surface area contributed by atoms with Gasteiger partial charge < -0.3 is 15.0 Å². The van der Waals surface area contributed by atoms with Crippen molar-refractivity contribution in [3.63, 3.8) is 0 Å². The second-order valence-corrected chi connectivity index (χ2v) is 8.11. The number of ether oxygens (including phenoxy) is 1. The molecule has 1 aliphatic rings. The van der Waals surface area contributed by atoms with Gasteiger partial charge in [0.05, 0.1) is 0 Å². The molecule has 1 aliphatic heterocycles. The van der Waals surface area contributed by atoms with Crippen LogP contribution in [0.2, 0.25) is 0 Å². The predicted octanol–water partition coefficient (Wildman–Crippen LogP) is 3.93. The van der Waals surface area contributed by atoms with E-state index in [0.717, 1.165) is 17.7 Å². The van der Waals surface area contributed by atoms with Gasteiger partial charge in [0.15, 0.2) is 0 Å². The molecule has 0 saturated carbocycles. The van der Waals surface area contributed by atoms with Crippen LogP contribution in [0.1, 0.15) is 28.4 Å². The summed E-state index contributed by atoms with van der Waals surface area (Å²) in [5.41, 5.74) is 3.56. The normalized spacial score (nSPS) is 16.9. The number of rotatable bonds is 5. The van der Waals surface area contributed by atoms with Gasteiger partial charge in [0, 0.05) is 24.1 Å². The van der Waals surface area contributed by atoms with Crippen LogP contribution >= 0.6 is 11.8 Å². The van der Waals surface area contributed by atoms with Crippen molar-refractivity contribution in [1.82, 2.24) is 10.2 Å². The van der Waals surface area contributed by atoms with E-state index in [-0.39, 0.29) is 19.1 Å². The first kappa shape index (κ1) is 20.3. The fourth-order valence-electron chi connectivity index (χ4n) is 3.25. The summed E-state index contributed by atoms with van der Waals surface area (Å²) < 4.78 is 5.15. The maximum absolute atomic E-state index is 12.5. The summed E-state index contributed by atoms with van der Waals surface area (Å²) >= 11 is 1.90. The lowest BCUT2D eigenvalue weighted by molar-refractivity contribution is -0.129. The lowest BCUT2D eigenvalue weighted by atomic mass is 10.0. The number of carbonyl (C=O) groups excluding carboxylic acids is 2. The molecular weight excluding hydrogens is 372 g/mol. The lowest BCUT2D eigenvalue weighted by Gasteiger charge is -2.21. The molecule has 148 valence electrons. The van der Waals surface area contributed by atoms with Gasteiger partial charge in [0.1, 0.15) is 13.2 Å². The Balaban J connectivity index is 1.43. The van der Waals surface area contributed by atoms with Gasteiger partial charge in [-0.1, -0.05) is 54.6 Å². The molecule has 0 unspecified atom stereocenters. The Labute approximate surface area is 170 Å². The van der Waals surface area contributed by atoms with Gasteiger partial charge in [-0.15, -0.1) is 0 Å². The Hall–Kier alpha value is -2.47. The topological polar surface area (TPSA) is 58.6 Å². The Morgan fingerprint density at radius 3 is 2.64 bits per heavy atom. The lowest BCUT2D eigenvalue weighted by Crippen LogP contribution is -2.41. The van der Waals surface area contributed by atoms with Crippen LogP contribution in [-0.4, -0.2) is 42.3 Å². The van der Waals surface area contributed by atoms with Crippen LogP contribution in [0, 0.1) is 6.92 Å². The highest BCUT2D eigenvalue weighted by molar-refractivity contribution is 7.99. The van der Waals surface area contributed by atoms with Crippen molar-refractivity contribution >= 4 is 23.8 Å². The van der Waals surface area contributed by atoms with E-state index >= 15 is 0 Å². The molecule has 0 spiro atoms. The monoisotopic (exact) mass is 398 g/mol. The van der Waals surface area contributed by atoms with Gasteiger partial charge in [0.25, 0.3) is 0 Å². The molecule has 5 nitrogen and oxygen atoms in total. The number of nitrogens with one attached hydrogen (secondary N) is 1. The molecule has 0 aromatic heterocycles. The van der Waals surface area contributed by atoms with Gasteiger partial charge in [-0.05, 0) is 30.0 Å². The summed E-state index contributed by atoms with van der Waals surface area (Å²) in [6.07, 6.45) is 0.346. The average Bonchev–Trinajstić information content (AvgIpc) is 2.98. The van der Waals surface area contributed by atoms with Crippen molar-refractivity contribution in [2.24, 2.45) is 0 Å².